The molecule has 0 spiro atoms. The molecule has 0 aromatic heterocycles. The van der Waals surface area contributed by atoms with E-state index in [-0.39, 0.29) is 71.9 Å². The standard InChI is InChI=1S/C60H62N4O8S4/c1-41-11-19-57(20-12-41)73(65,66)61-33-49-29-50-34-63(75(69,70)59-23-15-43(3)16-24-59)39-55-31-53(37-61)54-32-56(55)40-64(76(71,72)60-25-17-44(4)18-26-60)36-52-30-51(35-62(38-54)74(67,68)58-21-13-42(2)14-22-58)47-8-5-7-45(49)27-46(50)9-6-10-48(52)28-47/h11-32H,5-10,33-40H2,1-4H3. The highest BCUT2D eigenvalue weighted by molar-refractivity contribution is 7.90. The highest BCUT2D eigenvalue weighted by Gasteiger charge is 2.36. The lowest BCUT2D eigenvalue weighted by atomic mass is 9.87. The lowest BCUT2D eigenvalue weighted by Gasteiger charge is -2.32. The molecular formula is C60H62N4O8S4. The second kappa shape index (κ2) is 20.2. The first-order valence-electron chi connectivity index (χ1n) is 25.9. The first-order valence-corrected chi connectivity index (χ1v) is 31.7. The van der Waals surface area contributed by atoms with Crippen LogP contribution >= 0.6 is 0 Å². The number of nitrogens with zero attached hydrogens (tertiary/aromatic N) is 4. The van der Waals surface area contributed by atoms with Crippen LogP contribution in [0.15, 0.2) is 153 Å². The van der Waals surface area contributed by atoms with Crippen LogP contribution < -0.4 is 0 Å². The van der Waals surface area contributed by atoms with Crippen molar-refractivity contribution in [3.05, 3.63) is 222 Å². The summed E-state index contributed by atoms with van der Waals surface area (Å²) in [5.74, 6) is 0. The highest BCUT2D eigenvalue weighted by atomic mass is 32.2. The second-order valence-electron chi connectivity index (χ2n) is 21.2. The molecule has 2 aliphatic heterocycles. The van der Waals surface area contributed by atoms with Gasteiger partial charge in [-0.15, -0.1) is 0 Å². The molecule has 10 rings (SSSR count). The van der Waals surface area contributed by atoms with Gasteiger partial charge in [-0.2, -0.15) is 17.2 Å². The maximum absolute atomic E-state index is 15.4. The van der Waals surface area contributed by atoms with Gasteiger partial charge in [-0.1, -0.05) is 107 Å². The van der Waals surface area contributed by atoms with Gasteiger partial charge in [-0.3, -0.25) is 0 Å². The molecule has 0 N–H and O–H groups in total. The van der Waals surface area contributed by atoms with Gasteiger partial charge in [0.1, 0.15) is 0 Å². The van der Waals surface area contributed by atoms with Crippen molar-refractivity contribution >= 4 is 40.1 Å². The van der Waals surface area contributed by atoms with Gasteiger partial charge in [0.05, 0.1) is 19.6 Å². The first-order chi connectivity index (χ1) is 36.2. The normalized spacial score (nSPS) is 17.2. The summed E-state index contributed by atoms with van der Waals surface area (Å²) >= 11 is 0. The van der Waals surface area contributed by atoms with Crippen molar-refractivity contribution < 1.29 is 33.7 Å². The molecule has 3 aliphatic rings. The lowest BCUT2D eigenvalue weighted by Crippen LogP contribution is -2.36. The molecule has 16 heteroatoms. The number of sulfonamides is 4. The SMILES string of the molecule is Cc1ccc(S(=O)(=O)N2Cc3cc4c5cc3CCCc3cc(c6cc3CN(S(=O)(=O)c3ccc(C)cc3)Cc3cc(c(cc3C2)CN(S(=O)(=O)c2ccc(C)cc2)C4)CN(S(=O)(=O)c2ccc(C)cc2)C6)CCC5)cc1. The third-order valence-electron chi connectivity index (χ3n) is 15.8. The van der Waals surface area contributed by atoms with Crippen molar-refractivity contribution in [3.63, 3.8) is 0 Å². The Hall–Kier alpha value is -5.82. The third-order valence-corrected chi connectivity index (χ3v) is 23.0. The average molecular weight is 1100 g/mol. The summed E-state index contributed by atoms with van der Waals surface area (Å²) in [6.45, 7) is 6.50. The molecule has 0 radical (unpaired) electrons. The van der Waals surface area contributed by atoms with Crippen LogP contribution in [0, 0.1) is 27.7 Å². The van der Waals surface area contributed by atoms with Gasteiger partial charge in [0.2, 0.25) is 40.1 Å². The number of hydrogen-bond acceptors (Lipinski definition) is 8. The zero-order valence-electron chi connectivity index (χ0n) is 43.3. The second-order valence-corrected chi connectivity index (χ2v) is 29.0. The monoisotopic (exact) mass is 1090 g/mol. The first kappa shape index (κ1) is 52.2. The van der Waals surface area contributed by atoms with E-state index in [4.69, 9.17) is 0 Å². The number of benzene rings is 7. The van der Waals surface area contributed by atoms with Crippen LogP contribution in [0.4, 0.5) is 0 Å². The number of aryl methyl sites for hydroxylation is 8. The number of fused-ring (bicyclic) bond motifs is 18. The Morgan fingerprint density at radius 3 is 0.592 bits per heavy atom. The fraction of sp³-hybridized carbons (Fsp3) is 0.300. The average Bonchev–Trinajstić information content (AvgIpc) is 3.39. The Labute approximate surface area is 448 Å². The van der Waals surface area contributed by atoms with Gasteiger partial charge < -0.3 is 0 Å². The zero-order chi connectivity index (χ0) is 53.3. The van der Waals surface area contributed by atoms with Crippen LogP contribution in [0.2, 0.25) is 0 Å². The minimum atomic E-state index is -4.28. The Balaban J connectivity index is 1.25. The predicted molar refractivity (Wildman–Crippen MR) is 294 cm³/mol. The van der Waals surface area contributed by atoms with Crippen molar-refractivity contribution in [3.8, 4) is 0 Å². The Morgan fingerprint density at radius 1 is 0.250 bits per heavy atom. The van der Waals surface area contributed by atoms with Crippen LogP contribution in [0.5, 0.6) is 0 Å². The minimum absolute atomic E-state index is 0.0574. The van der Waals surface area contributed by atoms with Gasteiger partial charge in [-0.25, -0.2) is 33.7 Å². The Kier molecular flexibility index (Phi) is 13.9. The van der Waals surface area contributed by atoms with Gasteiger partial charge in [-0.05, 0) is 182 Å². The van der Waals surface area contributed by atoms with Gasteiger partial charge in [0.15, 0.2) is 0 Å². The van der Waals surface area contributed by atoms with E-state index < -0.39 is 40.1 Å². The van der Waals surface area contributed by atoms with Gasteiger partial charge in [0, 0.05) is 52.4 Å². The minimum Gasteiger partial charge on any atom is -0.207 e. The van der Waals surface area contributed by atoms with Crippen LogP contribution in [0.25, 0.3) is 0 Å². The molecule has 0 saturated heterocycles. The molecule has 7 aromatic rings. The van der Waals surface area contributed by atoms with E-state index in [0.717, 1.165) is 66.8 Å². The Morgan fingerprint density at radius 2 is 0.408 bits per heavy atom. The fourth-order valence-electron chi connectivity index (χ4n) is 11.3. The number of rotatable bonds is 8. The molecule has 0 saturated carbocycles. The topological polar surface area (TPSA) is 150 Å². The van der Waals surface area contributed by atoms with Gasteiger partial charge in [0.25, 0.3) is 0 Å². The third kappa shape index (κ3) is 10.1. The molecule has 0 atom stereocenters. The molecule has 0 fully saturated rings. The summed E-state index contributed by atoms with van der Waals surface area (Å²) in [4.78, 5) is 0.397. The molecule has 2 heterocycles. The van der Waals surface area contributed by atoms with Crippen LogP contribution in [0.3, 0.4) is 0 Å². The van der Waals surface area contributed by atoms with E-state index in [1.807, 2.05) is 52.0 Å². The van der Waals surface area contributed by atoms with Crippen molar-refractivity contribution in [2.24, 2.45) is 0 Å². The van der Waals surface area contributed by atoms with E-state index in [0.29, 0.717) is 60.8 Å². The summed E-state index contributed by atoms with van der Waals surface area (Å²) in [6.07, 6.45) is 3.48. The summed E-state index contributed by atoms with van der Waals surface area (Å²) < 4.78 is 129. The Bertz CT molecular complexity index is 3390. The summed E-state index contributed by atoms with van der Waals surface area (Å²) in [6, 6.07) is 39.0. The maximum atomic E-state index is 15.4. The maximum Gasteiger partial charge on any atom is 0.243 e. The summed E-state index contributed by atoms with van der Waals surface area (Å²) in [7, 11) is -17.1. The smallest absolute Gasteiger partial charge is 0.207 e. The summed E-state index contributed by atoms with van der Waals surface area (Å²) in [5, 5.41) is 0. The van der Waals surface area contributed by atoms with Crippen molar-refractivity contribution in [1.29, 1.82) is 0 Å². The summed E-state index contributed by atoms with van der Waals surface area (Å²) in [5.41, 5.74) is 12.3. The predicted octanol–water partition coefficient (Wildman–Crippen LogP) is 10.1. The zero-order valence-corrected chi connectivity index (χ0v) is 46.6. The molecule has 7 aromatic carbocycles. The molecule has 1 aliphatic carbocycles. The molecule has 0 amide bonds. The van der Waals surface area contributed by atoms with Crippen LogP contribution in [-0.2, 0) is 118 Å². The molecular weight excluding hydrogens is 1030 g/mol. The molecule has 76 heavy (non-hydrogen) atoms. The molecule has 12 nitrogen and oxygen atoms in total. The largest absolute Gasteiger partial charge is 0.243 e. The lowest BCUT2D eigenvalue weighted by molar-refractivity contribution is 0.370. The van der Waals surface area contributed by atoms with E-state index in [9.17, 15) is 0 Å². The molecule has 12 bridgehead atoms. The van der Waals surface area contributed by atoms with Crippen molar-refractivity contribution in [2.45, 2.75) is 138 Å². The van der Waals surface area contributed by atoms with E-state index in [2.05, 4.69) is 12.1 Å². The molecule has 0 unspecified atom stereocenters. The van der Waals surface area contributed by atoms with Crippen LogP contribution in [-0.4, -0.2) is 50.9 Å². The highest BCUT2D eigenvalue weighted by Crippen LogP contribution is 2.38. The van der Waals surface area contributed by atoms with Crippen molar-refractivity contribution in [2.75, 3.05) is 0 Å². The van der Waals surface area contributed by atoms with E-state index in [1.54, 1.807) is 97.1 Å². The quantitative estimate of drug-likeness (QED) is 0.146. The fourth-order valence-corrected chi connectivity index (χ4v) is 16.9. The van der Waals surface area contributed by atoms with E-state index >= 15 is 33.7 Å². The van der Waals surface area contributed by atoms with E-state index in [1.165, 1.54) is 17.2 Å². The molecule has 394 valence electrons. The number of hydrogen-bond donors (Lipinski definition) is 0. The van der Waals surface area contributed by atoms with Crippen molar-refractivity contribution in [1.82, 2.24) is 17.2 Å². The van der Waals surface area contributed by atoms with Gasteiger partial charge >= 0.3 is 0 Å². The van der Waals surface area contributed by atoms with Crippen LogP contribution in [0.1, 0.15) is 102 Å².